The summed E-state index contributed by atoms with van der Waals surface area (Å²) >= 11 is 1.55. The summed E-state index contributed by atoms with van der Waals surface area (Å²) < 4.78 is 0. The minimum absolute atomic E-state index is 0.0466. The van der Waals surface area contributed by atoms with E-state index in [4.69, 9.17) is 0 Å². The van der Waals surface area contributed by atoms with Gasteiger partial charge in [0, 0.05) is 43.5 Å². The fraction of sp³-hybridized carbons (Fsp3) is 0.588. The zero-order valence-electron chi connectivity index (χ0n) is 14.6. The number of hydrogen-bond acceptors (Lipinski definition) is 5. The molecule has 0 spiro atoms. The van der Waals surface area contributed by atoms with E-state index in [0.717, 1.165) is 36.2 Å². The molecule has 2 aromatic rings. The Bertz CT molecular complexity index is 695. The van der Waals surface area contributed by atoms with Crippen molar-refractivity contribution >= 4 is 22.4 Å². The zero-order valence-corrected chi connectivity index (χ0v) is 15.4. The normalized spacial score (nSPS) is 18.7. The first-order chi connectivity index (χ1) is 11.6. The highest BCUT2D eigenvalue weighted by atomic mass is 32.1. The van der Waals surface area contributed by atoms with E-state index in [1.807, 2.05) is 13.8 Å². The number of likely N-dealkylation sites (tertiary alicyclic amines) is 1. The monoisotopic (exact) mass is 347 g/mol. The number of nitrogens with zero attached hydrogens (tertiary/aromatic N) is 4. The van der Waals surface area contributed by atoms with Gasteiger partial charge in [-0.15, -0.1) is 11.3 Å². The summed E-state index contributed by atoms with van der Waals surface area (Å²) in [5.74, 6) is 0.538. The molecule has 0 saturated carbocycles. The van der Waals surface area contributed by atoms with Gasteiger partial charge in [0.2, 0.25) is 5.91 Å². The third-order valence-corrected chi connectivity index (χ3v) is 5.41. The highest BCUT2D eigenvalue weighted by Crippen LogP contribution is 2.28. The molecule has 2 aromatic heterocycles. The Labute approximate surface area is 146 Å². The van der Waals surface area contributed by atoms with Gasteiger partial charge in [0.25, 0.3) is 0 Å². The number of amides is 1. The van der Waals surface area contributed by atoms with Gasteiger partial charge >= 0.3 is 0 Å². The fourth-order valence-corrected chi connectivity index (χ4v) is 4.23. The summed E-state index contributed by atoms with van der Waals surface area (Å²) in [7, 11) is 0. The van der Waals surface area contributed by atoms with E-state index in [-0.39, 0.29) is 5.91 Å². The molecule has 130 valence electrons. The molecule has 1 aliphatic heterocycles. The third kappa shape index (κ3) is 3.84. The molecule has 6 nitrogen and oxygen atoms in total. The highest BCUT2D eigenvalue weighted by molar-refractivity contribution is 7.14. The maximum Gasteiger partial charge on any atom is 0.225 e. The number of aromatic nitrogens is 3. The van der Waals surface area contributed by atoms with Gasteiger partial charge in [0.1, 0.15) is 0 Å². The van der Waals surface area contributed by atoms with E-state index in [2.05, 4.69) is 31.5 Å². The SMILES string of the molecule is CCN(C(C)=O)c1nc(CN2CCC[C@@H](c3cc(C)[nH]n3)C2)cs1. The van der Waals surface area contributed by atoms with E-state index in [0.29, 0.717) is 12.5 Å². The van der Waals surface area contributed by atoms with E-state index in [9.17, 15) is 4.79 Å². The first-order valence-electron chi connectivity index (χ1n) is 8.53. The number of carbonyl (C=O) groups is 1. The number of hydrogen-bond donors (Lipinski definition) is 1. The van der Waals surface area contributed by atoms with Crippen LogP contribution in [-0.2, 0) is 11.3 Å². The van der Waals surface area contributed by atoms with E-state index < -0.39 is 0 Å². The molecular weight excluding hydrogens is 322 g/mol. The Morgan fingerprint density at radius 1 is 1.54 bits per heavy atom. The molecule has 0 radical (unpaired) electrons. The summed E-state index contributed by atoms with van der Waals surface area (Å²) in [5.41, 5.74) is 3.34. The first kappa shape index (κ1) is 17.1. The molecule has 3 heterocycles. The smallest absolute Gasteiger partial charge is 0.225 e. The van der Waals surface area contributed by atoms with Crippen molar-refractivity contribution in [3.05, 3.63) is 28.5 Å². The van der Waals surface area contributed by atoms with Crippen LogP contribution >= 0.6 is 11.3 Å². The summed E-state index contributed by atoms with van der Waals surface area (Å²) in [6.45, 7) is 9.22. The Morgan fingerprint density at radius 2 is 2.38 bits per heavy atom. The van der Waals surface area contributed by atoms with Crippen LogP contribution in [0.25, 0.3) is 0 Å². The van der Waals surface area contributed by atoms with Gasteiger partial charge < -0.3 is 0 Å². The summed E-state index contributed by atoms with van der Waals surface area (Å²) in [4.78, 5) is 20.5. The van der Waals surface area contributed by atoms with Crippen LogP contribution in [0.4, 0.5) is 5.13 Å². The van der Waals surface area contributed by atoms with Crippen molar-refractivity contribution in [2.24, 2.45) is 0 Å². The first-order valence-corrected chi connectivity index (χ1v) is 9.41. The second-order valence-corrected chi connectivity index (χ2v) is 7.27. The van der Waals surface area contributed by atoms with Gasteiger partial charge in [-0.25, -0.2) is 4.98 Å². The van der Waals surface area contributed by atoms with Crippen LogP contribution in [0.15, 0.2) is 11.4 Å². The maximum atomic E-state index is 11.6. The van der Waals surface area contributed by atoms with Crippen molar-refractivity contribution in [3.63, 3.8) is 0 Å². The topological polar surface area (TPSA) is 65.1 Å². The number of thiazole rings is 1. The van der Waals surface area contributed by atoms with Crippen LogP contribution in [0.1, 0.15) is 49.7 Å². The molecule has 0 unspecified atom stereocenters. The summed E-state index contributed by atoms with van der Waals surface area (Å²) in [5, 5.41) is 10.4. The number of H-pyrrole nitrogens is 1. The van der Waals surface area contributed by atoms with Crippen molar-refractivity contribution in [2.75, 3.05) is 24.5 Å². The minimum atomic E-state index is 0.0466. The van der Waals surface area contributed by atoms with E-state index >= 15 is 0 Å². The molecule has 1 N–H and O–H groups in total. The molecular formula is C17H25N5OS. The average Bonchev–Trinajstić information content (AvgIpc) is 3.17. The van der Waals surface area contributed by atoms with Crippen molar-refractivity contribution in [1.82, 2.24) is 20.1 Å². The van der Waals surface area contributed by atoms with Gasteiger partial charge in [0.05, 0.1) is 11.4 Å². The second kappa shape index (κ2) is 7.44. The molecule has 3 rings (SSSR count). The zero-order chi connectivity index (χ0) is 17.1. The van der Waals surface area contributed by atoms with Crippen LogP contribution in [0.2, 0.25) is 0 Å². The fourth-order valence-electron chi connectivity index (χ4n) is 3.30. The number of aromatic amines is 1. The molecule has 1 fully saturated rings. The van der Waals surface area contributed by atoms with Gasteiger partial charge in [-0.05, 0) is 39.3 Å². The standard InChI is InChI=1S/C17H25N5OS/c1-4-22(13(3)23)17-18-15(11-24-17)10-21-7-5-6-14(9-21)16-8-12(2)19-20-16/h8,11,14H,4-7,9-10H2,1-3H3,(H,19,20)/t14-/m1/s1. The lowest BCUT2D eigenvalue weighted by Crippen LogP contribution is -2.34. The number of carbonyl (C=O) groups excluding carboxylic acids is 1. The number of piperidine rings is 1. The highest BCUT2D eigenvalue weighted by Gasteiger charge is 2.24. The number of aryl methyl sites for hydroxylation is 1. The molecule has 1 aliphatic rings. The van der Waals surface area contributed by atoms with Crippen molar-refractivity contribution in [2.45, 2.75) is 46.1 Å². The molecule has 24 heavy (non-hydrogen) atoms. The van der Waals surface area contributed by atoms with Crippen molar-refractivity contribution in [3.8, 4) is 0 Å². The minimum Gasteiger partial charge on any atom is -0.297 e. The summed E-state index contributed by atoms with van der Waals surface area (Å²) in [6, 6.07) is 2.15. The Kier molecular flexibility index (Phi) is 5.30. The van der Waals surface area contributed by atoms with E-state index in [1.165, 1.54) is 18.5 Å². The second-order valence-electron chi connectivity index (χ2n) is 6.43. The van der Waals surface area contributed by atoms with Crippen LogP contribution in [0.3, 0.4) is 0 Å². The average molecular weight is 347 g/mol. The van der Waals surface area contributed by atoms with Crippen LogP contribution < -0.4 is 4.90 Å². The van der Waals surface area contributed by atoms with Gasteiger partial charge in [0.15, 0.2) is 5.13 Å². The van der Waals surface area contributed by atoms with Crippen LogP contribution in [0.5, 0.6) is 0 Å². The van der Waals surface area contributed by atoms with Gasteiger partial charge in [-0.1, -0.05) is 0 Å². The lowest BCUT2D eigenvalue weighted by Gasteiger charge is -2.31. The molecule has 0 bridgehead atoms. The van der Waals surface area contributed by atoms with E-state index in [1.54, 1.807) is 23.2 Å². The van der Waals surface area contributed by atoms with Crippen LogP contribution in [-0.4, -0.2) is 45.6 Å². The van der Waals surface area contributed by atoms with Gasteiger partial charge in [-0.3, -0.25) is 19.7 Å². The number of anilines is 1. The third-order valence-electron chi connectivity index (χ3n) is 4.50. The summed E-state index contributed by atoms with van der Waals surface area (Å²) in [6.07, 6.45) is 2.37. The predicted molar refractivity (Wildman–Crippen MR) is 96.4 cm³/mol. The molecule has 0 aliphatic carbocycles. The largest absolute Gasteiger partial charge is 0.297 e. The Balaban J connectivity index is 1.63. The lowest BCUT2D eigenvalue weighted by atomic mass is 9.94. The molecule has 7 heteroatoms. The molecule has 1 amide bonds. The van der Waals surface area contributed by atoms with Crippen molar-refractivity contribution < 1.29 is 4.79 Å². The number of rotatable bonds is 5. The van der Waals surface area contributed by atoms with Gasteiger partial charge in [-0.2, -0.15) is 5.10 Å². The van der Waals surface area contributed by atoms with Crippen LogP contribution in [0, 0.1) is 6.92 Å². The van der Waals surface area contributed by atoms with Crippen molar-refractivity contribution in [1.29, 1.82) is 0 Å². The molecule has 0 aromatic carbocycles. The lowest BCUT2D eigenvalue weighted by molar-refractivity contribution is -0.116. The Morgan fingerprint density at radius 3 is 3.04 bits per heavy atom. The predicted octanol–water partition coefficient (Wildman–Crippen LogP) is 2.93. The molecule has 1 atom stereocenters. The quantitative estimate of drug-likeness (QED) is 0.903. The molecule has 1 saturated heterocycles. The Hall–Kier alpha value is -1.73. The maximum absolute atomic E-state index is 11.6. The number of nitrogens with one attached hydrogen (secondary N) is 1.